The van der Waals surface area contributed by atoms with Crippen molar-refractivity contribution >= 4 is 17.7 Å². The molecule has 2 atom stereocenters. The molecule has 130 valence electrons. The van der Waals surface area contributed by atoms with Crippen molar-refractivity contribution in [3.05, 3.63) is 30.1 Å². The van der Waals surface area contributed by atoms with Gasteiger partial charge in [-0.1, -0.05) is 6.07 Å². The number of nitrogens with one attached hydrogen (secondary N) is 1. The van der Waals surface area contributed by atoms with Crippen molar-refractivity contribution < 1.29 is 14.4 Å². The van der Waals surface area contributed by atoms with Gasteiger partial charge >= 0.3 is 0 Å². The summed E-state index contributed by atoms with van der Waals surface area (Å²) in [7, 11) is 0. The number of hydrogen-bond donors (Lipinski definition) is 2. The van der Waals surface area contributed by atoms with Crippen LogP contribution in [0.4, 0.5) is 0 Å². The van der Waals surface area contributed by atoms with E-state index in [0.717, 1.165) is 12.1 Å². The van der Waals surface area contributed by atoms with Gasteiger partial charge in [-0.15, -0.1) is 0 Å². The molecule has 0 aromatic carbocycles. The lowest BCUT2D eigenvalue weighted by molar-refractivity contribution is -0.140. The van der Waals surface area contributed by atoms with E-state index < -0.39 is 18.0 Å². The number of hydrogen-bond acceptors (Lipinski definition) is 4. The van der Waals surface area contributed by atoms with E-state index in [0.29, 0.717) is 32.2 Å². The monoisotopic (exact) mass is 332 g/mol. The molecule has 0 bridgehead atoms. The Labute approximate surface area is 141 Å². The Kier molecular flexibility index (Phi) is 6.28. The first-order valence-electron chi connectivity index (χ1n) is 8.28. The summed E-state index contributed by atoms with van der Waals surface area (Å²) in [5.74, 6) is -0.925. The first-order valence-corrected chi connectivity index (χ1v) is 8.28. The van der Waals surface area contributed by atoms with Gasteiger partial charge in [-0.2, -0.15) is 0 Å². The van der Waals surface area contributed by atoms with Crippen LogP contribution in [-0.4, -0.2) is 46.2 Å². The third-order valence-corrected chi connectivity index (χ3v) is 4.18. The zero-order chi connectivity index (χ0) is 17.5. The van der Waals surface area contributed by atoms with E-state index in [1.54, 1.807) is 13.1 Å². The Hall–Kier alpha value is -2.44. The molecule has 1 aliphatic heterocycles. The van der Waals surface area contributed by atoms with Gasteiger partial charge in [-0.3, -0.25) is 19.4 Å². The minimum atomic E-state index is -0.660. The number of carbonyl (C=O) groups excluding carboxylic acids is 3. The maximum Gasteiger partial charge on any atom is 0.245 e. The number of aryl methyl sites for hydroxylation is 1. The predicted molar refractivity (Wildman–Crippen MR) is 88.7 cm³/mol. The Morgan fingerprint density at radius 3 is 2.88 bits per heavy atom. The summed E-state index contributed by atoms with van der Waals surface area (Å²) in [6.07, 6.45) is 4.77. The van der Waals surface area contributed by atoms with Gasteiger partial charge in [-0.25, -0.2) is 0 Å². The number of primary amides is 1. The average Bonchev–Trinajstić information content (AvgIpc) is 3.05. The van der Waals surface area contributed by atoms with Crippen LogP contribution in [0.5, 0.6) is 0 Å². The van der Waals surface area contributed by atoms with Crippen molar-refractivity contribution in [3.8, 4) is 0 Å². The molecule has 1 fully saturated rings. The molecule has 3 amide bonds. The highest BCUT2D eigenvalue weighted by atomic mass is 16.2. The lowest BCUT2D eigenvalue weighted by Gasteiger charge is -2.25. The van der Waals surface area contributed by atoms with E-state index in [4.69, 9.17) is 5.73 Å². The molecule has 24 heavy (non-hydrogen) atoms. The smallest absolute Gasteiger partial charge is 0.245 e. The zero-order valence-electron chi connectivity index (χ0n) is 13.9. The topological polar surface area (TPSA) is 105 Å². The molecule has 3 N–H and O–H groups in total. The Morgan fingerprint density at radius 1 is 1.42 bits per heavy atom. The van der Waals surface area contributed by atoms with E-state index in [2.05, 4.69) is 10.3 Å². The lowest BCUT2D eigenvalue weighted by atomic mass is 10.1. The Morgan fingerprint density at radius 2 is 2.21 bits per heavy atom. The Bertz CT molecular complexity index is 591. The fraction of sp³-hybridized carbons (Fsp3) is 0.529. The highest BCUT2D eigenvalue weighted by molar-refractivity contribution is 5.91. The molecule has 1 aliphatic rings. The van der Waals surface area contributed by atoms with E-state index in [9.17, 15) is 14.4 Å². The molecular weight excluding hydrogens is 308 g/mol. The standard InChI is InChI=1S/C17H24N4O3/c1-12(17(24)21-11-5-8-14(21)16(18)23)20-15(22)9-4-7-13-6-2-3-10-19-13/h2-3,6,10,12,14H,4-5,7-9,11H2,1H3,(H2,18,23)(H,20,22)/t12?,14-/m0/s1. The highest BCUT2D eigenvalue weighted by Crippen LogP contribution is 2.17. The molecule has 7 nitrogen and oxygen atoms in total. The number of rotatable bonds is 7. The number of aromatic nitrogens is 1. The fourth-order valence-corrected chi connectivity index (χ4v) is 2.93. The molecule has 0 saturated carbocycles. The molecule has 2 rings (SSSR count). The van der Waals surface area contributed by atoms with Gasteiger partial charge in [0.25, 0.3) is 0 Å². The number of carbonyl (C=O) groups is 3. The van der Waals surface area contributed by atoms with Gasteiger partial charge < -0.3 is 16.0 Å². The molecule has 1 unspecified atom stereocenters. The molecule has 7 heteroatoms. The van der Waals surface area contributed by atoms with Crippen LogP contribution < -0.4 is 11.1 Å². The van der Waals surface area contributed by atoms with Gasteiger partial charge in [-0.05, 0) is 44.7 Å². The minimum Gasteiger partial charge on any atom is -0.368 e. The minimum absolute atomic E-state index is 0.179. The highest BCUT2D eigenvalue weighted by Gasteiger charge is 2.34. The third-order valence-electron chi connectivity index (χ3n) is 4.18. The van der Waals surface area contributed by atoms with Crippen LogP contribution in [0, 0.1) is 0 Å². The number of nitrogens with two attached hydrogens (primary N) is 1. The van der Waals surface area contributed by atoms with Gasteiger partial charge in [0, 0.05) is 24.9 Å². The number of nitrogens with zero attached hydrogens (tertiary/aromatic N) is 2. The van der Waals surface area contributed by atoms with Gasteiger partial charge in [0.1, 0.15) is 12.1 Å². The molecular formula is C17H24N4O3. The van der Waals surface area contributed by atoms with Crippen molar-refractivity contribution in [2.45, 2.75) is 51.1 Å². The van der Waals surface area contributed by atoms with Crippen LogP contribution in [0.3, 0.4) is 0 Å². The summed E-state index contributed by atoms with van der Waals surface area (Å²) >= 11 is 0. The predicted octanol–water partition coefficient (Wildman–Crippen LogP) is 0.385. The molecule has 1 aromatic rings. The molecule has 0 aliphatic carbocycles. The van der Waals surface area contributed by atoms with Crippen molar-refractivity contribution in [2.24, 2.45) is 5.73 Å². The summed E-state index contributed by atoms with van der Waals surface area (Å²) in [5.41, 5.74) is 6.26. The number of amides is 3. The van der Waals surface area contributed by atoms with Crippen LogP contribution in [0.1, 0.15) is 38.3 Å². The van der Waals surface area contributed by atoms with Crippen molar-refractivity contribution in [1.82, 2.24) is 15.2 Å². The van der Waals surface area contributed by atoms with Crippen LogP contribution in [0.2, 0.25) is 0 Å². The zero-order valence-corrected chi connectivity index (χ0v) is 13.9. The summed E-state index contributed by atoms with van der Waals surface area (Å²) in [5, 5.41) is 2.70. The van der Waals surface area contributed by atoms with E-state index in [1.165, 1.54) is 4.90 Å². The third kappa shape index (κ3) is 4.78. The first-order chi connectivity index (χ1) is 11.5. The quantitative estimate of drug-likeness (QED) is 0.753. The van der Waals surface area contributed by atoms with E-state index in [1.807, 2.05) is 18.2 Å². The fourth-order valence-electron chi connectivity index (χ4n) is 2.93. The van der Waals surface area contributed by atoms with Gasteiger partial charge in [0.2, 0.25) is 17.7 Å². The van der Waals surface area contributed by atoms with Crippen molar-refractivity contribution in [1.29, 1.82) is 0 Å². The summed E-state index contributed by atoms with van der Waals surface area (Å²) in [6.45, 7) is 2.14. The molecule has 2 heterocycles. The molecule has 0 spiro atoms. The van der Waals surface area contributed by atoms with E-state index in [-0.39, 0.29) is 11.8 Å². The maximum absolute atomic E-state index is 12.4. The van der Waals surface area contributed by atoms with Crippen LogP contribution in [0.25, 0.3) is 0 Å². The van der Waals surface area contributed by atoms with Crippen LogP contribution in [0.15, 0.2) is 24.4 Å². The summed E-state index contributed by atoms with van der Waals surface area (Å²) in [4.78, 5) is 41.4. The van der Waals surface area contributed by atoms with Crippen LogP contribution in [-0.2, 0) is 20.8 Å². The number of likely N-dealkylation sites (tertiary alicyclic amines) is 1. The largest absolute Gasteiger partial charge is 0.368 e. The normalized spacial score (nSPS) is 18.2. The Balaban J connectivity index is 1.76. The number of pyridine rings is 1. The second-order valence-electron chi connectivity index (χ2n) is 6.06. The SMILES string of the molecule is CC(NC(=O)CCCc1ccccn1)C(=O)N1CCC[C@H]1C(N)=O. The summed E-state index contributed by atoms with van der Waals surface area (Å²) in [6, 6.07) is 4.46. The van der Waals surface area contributed by atoms with Crippen molar-refractivity contribution in [3.63, 3.8) is 0 Å². The summed E-state index contributed by atoms with van der Waals surface area (Å²) < 4.78 is 0. The molecule has 0 radical (unpaired) electrons. The maximum atomic E-state index is 12.4. The average molecular weight is 332 g/mol. The van der Waals surface area contributed by atoms with Gasteiger partial charge in [0.05, 0.1) is 0 Å². The van der Waals surface area contributed by atoms with Crippen LogP contribution >= 0.6 is 0 Å². The lowest BCUT2D eigenvalue weighted by Crippen LogP contribution is -2.51. The second kappa shape index (κ2) is 8.42. The van der Waals surface area contributed by atoms with Crippen molar-refractivity contribution in [2.75, 3.05) is 6.54 Å². The van der Waals surface area contributed by atoms with Gasteiger partial charge in [0.15, 0.2) is 0 Å². The van der Waals surface area contributed by atoms with E-state index >= 15 is 0 Å². The second-order valence-corrected chi connectivity index (χ2v) is 6.06. The molecule has 1 saturated heterocycles. The molecule has 1 aromatic heterocycles. The first kappa shape index (κ1) is 17.9.